The van der Waals surface area contributed by atoms with Gasteiger partial charge < -0.3 is 15.4 Å². The van der Waals surface area contributed by atoms with Crippen LogP contribution in [0.2, 0.25) is 0 Å². The van der Waals surface area contributed by atoms with E-state index in [1.165, 1.54) is 6.08 Å². The molecule has 0 aromatic heterocycles. The maximum absolute atomic E-state index is 11.9. The molecule has 2 N–H and O–H groups in total. The van der Waals surface area contributed by atoms with Gasteiger partial charge in [-0.2, -0.15) is 0 Å². The summed E-state index contributed by atoms with van der Waals surface area (Å²) in [5.41, 5.74) is 0.825. The largest absolute Gasteiger partial charge is 0.497 e. The molecule has 0 atom stereocenters. The number of methoxy groups -OCH3 is 1. The first-order valence-corrected chi connectivity index (χ1v) is 5.63. The molecule has 1 aliphatic rings. The van der Waals surface area contributed by atoms with Crippen molar-refractivity contribution in [3.05, 3.63) is 41.6 Å². The molecule has 94 valence electrons. The fraction of sp³-hybridized carbons (Fsp3) is 0.231. The average molecular weight is 246 g/mol. The standard InChI is InChI=1S/C13H14N2O3/c1-18-10-4-2-9(3-5-10)12(16)8-11-13(17)15-7-6-14-11/h2-5,8,14H,6-7H2,1H3,(H,15,17). The van der Waals surface area contributed by atoms with Gasteiger partial charge in [-0.15, -0.1) is 0 Å². The molecular formula is C13H14N2O3. The summed E-state index contributed by atoms with van der Waals surface area (Å²) in [4.78, 5) is 23.4. The van der Waals surface area contributed by atoms with Crippen LogP contribution < -0.4 is 15.4 Å². The Morgan fingerprint density at radius 3 is 2.50 bits per heavy atom. The summed E-state index contributed by atoms with van der Waals surface area (Å²) in [5.74, 6) is 0.230. The molecule has 1 amide bonds. The fourth-order valence-electron chi connectivity index (χ4n) is 1.63. The highest BCUT2D eigenvalue weighted by Crippen LogP contribution is 2.12. The number of carbonyl (C=O) groups excluding carboxylic acids is 2. The molecular weight excluding hydrogens is 232 g/mol. The Hall–Kier alpha value is -2.30. The lowest BCUT2D eigenvalue weighted by Crippen LogP contribution is -2.43. The van der Waals surface area contributed by atoms with Crippen molar-refractivity contribution in [2.45, 2.75) is 0 Å². The molecule has 1 saturated heterocycles. The number of rotatable bonds is 3. The number of benzene rings is 1. The van der Waals surface area contributed by atoms with E-state index >= 15 is 0 Å². The van der Waals surface area contributed by atoms with Crippen LogP contribution in [-0.2, 0) is 4.79 Å². The molecule has 5 heteroatoms. The van der Waals surface area contributed by atoms with E-state index < -0.39 is 0 Å². The SMILES string of the molecule is COc1ccc(C(=O)C=C2NCCNC2=O)cc1. The van der Waals surface area contributed by atoms with Gasteiger partial charge in [0.1, 0.15) is 11.4 Å². The molecule has 1 aromatic carbocycles. The average Bonchev–Trinajstić information content (AvgIpc) is 2.41. The quantitative estimate of drug-likeness (QED) is 0.601. The van der Waals surface area contributed by atoms with Crippen LogP contribution in [0.4, 0.5) is 0 Å². The number of hydrogen-bond acceptors (Lipinski definition) is 4. The number of nitrogens with one attached hydrogen (secondary N) is 2. The first kappa shape index (κ1) is 12.2. The van der Waals surface area contributed by atoms with Crippen LogP contribution in [0.5, 0.6) is 5.75 Å². The molecule has 1 aromatic rings. The summed E-state index contributed by atoms with van der Waals surface area (Å²) >= 11 is 0. The Morgan fingerprint density at radius 1 is 1.22 bits per heavy atom. The van der Waals surface area contributed by atoms with Gasteiger partial charge in [-0.05, 0) is 24.3 Å². The molecule has 0 spiro atoms. The molecule has 0 radical (unpaired) electrons. The lowest BCUT2D eigenvalue weighted by atomic mass is 10.1. The van der Waals surface area contributed by atoms with E-state index in [0.717, 1.165) is 0 Å². The molecule has 1 aliphatic heterocycles. The van der Waals surface area contributed by atoms with Crippen LogP contribution >= 0.6 is 0 Å². The number of allylic oxidation sites excluding steroid dienone is 1. The minimum absolute atomic E-state index is 0.211. The highest BCUT2D eigenvalue weighted by Gasteiger charge is 2.15. The van der Waals surface area contributed by atoms with Crippen molar-refractivity contribution < 1.29 is 14.3 Å². The summed E-state index contributed by atoms with van der Waals surface area (Å²) in [6, 6.07) is 6.75. The fourth-order valence-corrected chi connectivity index (χ4v) is 1.63. The number of amides is 1. The summed E-state index contributed by atoms with van der Waals surface area (Å²) in [6.07, 6.45) is 1.32. The Kier molecular flexibility index (Phi) is 3.62. The van der Waals surface area contributed by atoms with Crippen LogP contribution in [0.25, 0.3) is 0 Å². The summed E-state index contributed by atoms with van der Waals surface area (Å²) < 4.78 is 5.01. The Balaban J connectivity index is 2.15. The molecule has 1 fully saturated rings. The molecule has 18 heavy (non-hydrogen) atoms. The van der Waals surface area contributed by atoms with E-state index in [2.05, 4.69) is 10.6 Å². The number of ether oxygens (including phenoxy) is 1. The van der Waals surface area contributed by atoms with Crippen LogP contribution in [-0.4, -0.2) is 31.9 Å². The van der Waals surface area contributed by atoms with Gasteiger partial charge in [0.05, 0.1) is 7.11 Å². The van der Waals surface area contributed by atoms with E-state index in [4.69, 9.17) is 4.74 Å². The van der Waals surface area contributed by atoms with Gasteiger partial charge in [-0.3, -0.25) is 9.59 Å². The van der Waals surface area contributed by atoms with Crippen LogP contribution in [0.15, 0.2) is 36.0 Å². The highest BCUT2D eigenvalue weighted by molar-refractivity contribution is 6.09. The summed E-state index contributed by atoms with van der Waals surface area (Å²) in [6.45, 7) is 1.21. The van der Waals surface area contributed by atoms with E-state index in [1.54, 1.807) is 31.4 Å². The zero-order valence-electron chi connectivity index (χ0n) is 10.0. The topological polar surface area (TPSA) is 67.4 Å². The summed E-state index contributed by atoms with van der Waals surface area (Å²) in [5, 5.41) is 5.56. The van der Waals surface area contributed by atoms with Crippen molar-refractivity contribution in [3.8, 4) is 5.75 Å². The van der Waals surface area contributed by atoms with Gasteiger partial charge in [0.15, 0.2) is 5.78 Å². The van der Waals surface area contributed by atoms with E-state index in [9.17, 15) is 9.59 Å². The first-order valence-electron chi connectivity index (χ1n) is 5.63. The van der Waals surface area contributed by atoms with Crippen molar-refractivity contribution in [2.75, 3.05) is 20.2 Å². The number of ketones is 1. The van der Waals surface area contributed by atoms with Crippen LogP contribution in [0.3, 0.4) is 0 Å². The summed E-state index contributed by atoms with van der Waals surface area (Å²) in [7, 11) is 1.56. The van der Waals surface area contributed by atoms with Gasteiger partial charge in [0.25, 0.3) is 5.91 Å². The second kappa shape index (κ2) is 5.35. The van der Waals surface area contributed by atoms with E-state index in [1.807, 2.05) is 0 Å². The van der Waals surface area contributed by atoms with Gasteiger partial charge in [0.2, 0.25) is 0 Å². The van der Waals surface area contributed by atoms with Gasteiger partial charge >= 0.3 is 0 Å². The maximum Gasteiger partial charge on any atom is 0.267 e. The monoisotopic (exact) mass is 246 g/mol. The molecule has 0 aliphatic carbocycles. The number of carbonyl (C=O) groups is 2. The number of hydrogen-bond donors (Lipinski definition) is 2. The minimum Gasteiger partial charge on any atom is -0.497 e. The van der Waals surface area contributed by atoms with Crippen LogP contribution in [0, 0.1) is 0 Å². The van der Waals surface area contributed by atoms with Gasteiger partial charge in [-0.25, -0.2) is 0 Å². The van der Waals surface area contributed by atoms with E-state index in [-0.39, 0.29) is 11.7 Å². The van der Waals surface area contributed by atoms with Crippen molar-refractivity contribution in [1.29, 1.82) is 0 Å². The lowest BCUT2D eigenvalue weighted by Gasteiger charge is -2.16. The first-order chi connectivity index (χ1) is 8.70. The van der Waals surface area contributed by atoms with Crippen molar-refractivity contribution in [1.82, 2.24) is 10.6 Å². The highest BCUT2D eigenvalue weighted by atomic mass is 16.5. The minimum atomic E-state index is -0.247. The molecule has 2 rings (SSSR count). The second-order valence-corrected chi connectivity index (χ2v) is 3.83. The normalized spacial score (nSPS) is 16.9. The van der Waals surface area contributed by atoms with E-state index in [0.29, 0.717) is 30.1 Å². The van der Waals surface area contributed by atoms with Crippen LogP contribution in [0.1, 0.15) is 10.4 Å². The Labute approximate surface area is 105 Å². The number of piperazine rings is 1. The third-order valence-corrected chi connectivity index (χ3v) is 2.62. The molecule has 0 bridgehead atoms. The zero-order chi connectivity index (χ0) is 13.0. The molecule has 0 saturated carbocycles. The molecule has 5 nitrogen and oxygen atoms in total. The molecule has 0 unspecified atom stereocenters. The predicted octanol–water partition coefficient (Wildman–Crippen LogP) is 0.481. The third kappa shape index (κ3) is 2.68. The van der Waals surface area contributed by atoms with Gasteiger partial charge in [0, 0.05) is 24.7 Å². The molecule has 1 heterocycles. The zero-order valence-corrected chi connectivity index (χ0v) is 10.0. The Morgan fingerprint density at radius 2 is 1.89 bits per heavy atom. The second-order valence-electron chi connectivity index (χ2n) is 3.83. The third-order valence-electron chi connectivity index (χ3n) is 2.62. The maximum atomic E-state index is 11.9. The van der Waals surface area contributed by atoms with Gasteiger partial charge in [-0.1, -0.05) is 0 Å². The smallest absolute Gasteiger partial charge is 0.267 e. The lowest BCUT2D eigenvalue weighted by molar-refractivity contribution is -0.118. The Bertz CT molecular complexity index is 491. The predicted molar refractivity (Wildman–Crippen MR) is 66.4 cm³/mol. The van der Waals surface area contributed by atoms with Crippen molar-refractivity contribution in [2.24, 2.45) is 0 Å². The van der Waals surface area contributed by atoms with Crippen molar-refractivity contribution >= 4 is 11.7 Å². The van der Waals surface area contributed by atoms with Crippen molar-refractivity contribution in [3.63, 3.8) is 0 Å².